The smallest absolute Gasteiger partial charge is 0.129 e. The Morgan fingerprint density at radius 2 is 2.00 bits per heavy atom. The van der Waals surface area contributed by atoms with Crippen LogP contribution in [0.25, 0.3) is 0 Å². The average molecular weight is 279 g/mol. The van der Waals surface area contributed by atoms with Crippen molar-refractivity contribution in [1.29, 1.82) is 0 Å². The normalized spacial score (nSPS) is 26.5. The third-order valence-corrected chi connectivity index (χ3v) is 4.92. The number of rotatable bonds is 3. The fourth-order valence-electron chi connectivity index (χ4n) is 3.67. The molecule has 104 valence electrons. The lowest BCUT2D eigenvalue weighted by molar-refractivity contribution is 0.230. The van der Waals surface area contributed by atoms with Crippen LogP contribution in [0.2, 0.25) is 0 Å². The minimum atomic E-state index is 0.587. The molecule has 1 aromatic heterocycles. The van der Waals surface area contributed by atoms with Crippen LogP contribution in [0, 0.1) is 11.8 Å². The third kappa shape index (κ3) is 2.89. The summed E-state index contributed by atoms with van der Waals surface area (Å²) >= 11 is 6.02. The third-order valence-electron chi connectivity index (χ3n) is 4.61. The maximum atomic E-state index is 6.02. The van der Waals surface area contributed by atoms with Gasteiger partial charge in [-0.05, 0) is 55.2 Å². The minimum Gasteiger partial charge on any atom is -0.356 e. The van der Waals surface area contributed by atoms with E-state index in [1.165, 1.54) is 50.0 Å². The number of halogens is 1. The number of anilines is 1. The van der Waals surface area contributed by atoms with Crippen LogP contribution in [0.4, 0.5) is 5.82 Å². The molecule has 2 unspecified atom stereocenters. The summed E-state index contributed by atoms with van der Waals surface area (Å²) in [5, 5.41) is 0. The van der Waals surface area contributed by atoms with Crippen LogP contribution in [0.15, 0.2) is 12.1 Å². The van der Waals surface area contributed by atoms with Crippen molar-refractivity contribution in [2.24, 2.45) is 11.8 Å². The Morgan fingerprint density at radius 3 is 2.63 bits per heavy atom. The summed E-state index contributed by atoms with van der Waals surface area (Å²) in [4.78, 5) is 7.33. The molecule has 1 saturated heterocycles. The van der Waals surface area contributed by atoms with Gasteiger partial charge in [-0.25, -0.2) is 4.98 Å². The Hall–Kier alpha value is -0.760. The summed E-state index contributed by atoms with van der Waals surface area (Å²) in [7, 11) is 0. The van der Waals surface area contributed by atoms with E-state index in [4.69, 9.17) is 16.6 Å². The van der Waals surface area contributed by atoms with Gasteiger partial charge >= 0.3 is 0 Å². The lowest BCUT2D eigenvalue weighted by atomic mass is 9.78. The van der Waals surface area contributed by atoms with Crippen molar-refractivity contribution in [1.82, 2.24) is 4.98 Å². The fourth-order valence-corrected chi connectivity index (χ4v) is 3.83. The molecule has 2 bridgehead atoms. The molecular formula is C16H23ClN2. The predicted molar refractivity (Wildman–Crippen MR) is 80.8 cm³/mol. The molecule has 0 N–H and O–H groups in total. The first-order valence-corrected chi connectivity index (χ1v) is 8.12. The van der Waals surface area contributed by atoms with Gasteiger partial charge in [-0.2, -0.15) is 0 Å². The van der Waals surface area contributed by atoms with E-state index in [2.05, 4.69) is 24.0 Å². The summed E-state index contributed by atoms with van der Waals surface area (Å²) in [6.07, 6.45) is 6.66. The maximum absolute atomic E-state index is 6.02. The molecule has 3 rings (SSSR count). The number of hydrogen-bond acceptors (Lipinski definition) is 2. The van der Waals surface area contributed by atoms with E-state index >= 15 is 0 Å². The highest BCUT2D eigenvalue weighted by Gasteiger charge is 2.31. The second kappa shape index (κ2) is 5.70. The lowest BCUT2D eigenvalue weighted by Crippen LogP contribution is -2.43. The van der Waals surface area contributed by atoms with Gasteiger partial charge in [0, 0.05) is 24.7 Å². The van der Waals surface area contributed by atoms with Crippen molar-refractivity contribution < 1.29 is 0 Å². The quantitative estimate of drug-likeness (QED) is 0.777. The molecule has 2 heterocycles. The summed E-state index contributed by atoms with van der Waals surface area (Å²) in [6.45, 7) is 4.55. The molecule has 3 heteroatoms. The first-order chi connectivity index (χ1) is 9.28. The molecule has 0 radical (unpaired) electrons. The highest BCUT2D eigenvalue weighted by atomic mass is 35.5. The molecule has 1 aromatic rings. The molecule has 1 saturated carbocycles. The standard InChI is InChI=1S/C16H23ClN2/c1-2-15-7-14(9-17)8-16(18-15)19-10-12-4-3-5-13(6-12)11-19/h7-8,12-13H,2-6,9-11H2,1H3. The van der Waals surface area contributed by atoms with E-state index in [9.17, 15) is 0 Å². The number of alkyl halides is 1. The molecule has 19 heavy (non-hydrogen) atoms. The second-order valence-corrected chi connectivity index (χ2v) is 6.38. The van der Waals surface area contributed by atoms with E-state index in [0.29, 0.717) is 5.88 Å². The molecule has 2 atom stereocenters. The van der Waals surface area contributed by atoms with Gasteiger partial charge in [0.05, 0.1) is 0 Å². The van der Waals surface area contributed by atoms with E-state index in [1.807, 2.05) is 0 Å². The van der Waals surface area contributed by atoms with E-state index < -0.39 is 0 Å². The molecule has 2 aliphatic rings. The summed E-state index contributed by atoms with van der Waals surface area (Å²) in [5.41, 5.74) is 2.38. The molecule has 1 aliphatic carbocycles. The topological polar surface area (TPSA) is 16.1 Å². The van der Waals surface area contributed by atoms with Crippen LogP contribution in [-0.4, -0.2) is 18.1 Å². The number of nitrogens with zero attached hydrogens (tertiary/aromatic N) is 2. The number of aromatic nitrogens is 1. The highest BCUT2D eigenvalue weighted by Crippen LogP contribution is 2.36. The van der Waals surface area contributed by atoms with Gasteiger partial charge in [-0.3, -0.25) is 0 Å². The van der Waals surface area contributed by atoms with Gasteiger partial charge in [-0.1, -0.05) is 13.3 Å². The number of piperidine rings is 1. The van der Waals surface area contributed by atoms with Crippen LogP contribution < -0.4 is 4.90 Å². The Kier molecular flexibility index (Phi) is 3.97. The Labute approximate surface area is 121 Å². The van der Waals surface area contributed by atoms with Crippen LogP contribution in [0.3, 0.4) is 0 Å². The fraction of sp³-hybridized carbons (Fsp3) is 0.688. The summed E-state index contributed by atoms with van der Waals surface area (Å²) < 4.78 is 0. The Morgan fingerprint density at radius 1 is 1.26 bits per heavy atom. The van der Waals surface area contributed by atoms with Crippen LogP contribution >= 0.6 is 11.6 Å². The first-order valence-electron chi connectivity index (χ1n) is 7.59. The van der Waals surface area contributed by atoms with Gasteiger partial charge in [0.1, 0.15) is 5.82 Å². The number of fused-ring (bicyclic) bond motifs is 2. The van der Waals surface area contributed by atoms with E-state index in [1.54, 1.807) is 0 Å². The van der Waals surface area contributed by atoms with Crippen LogP contribution in [0.5, 0.6) is 0 Å². The zero-order chi connectivity index (χ0) is 13.2. The largest absolute Gasteiger partial charge is 0.356 e. The lowest BCUT2D eigenvalue weighted by Gasteiger charge is -2.42. The predicted octanol–water partition coefficient (Wildman–Crippen LogP) is 4.01. The molecule has 0 amide bonds. The minimum absolute atomic E-state index is 0.587. The van der Waals surface area contributed by atoms with Gasteiger partial charge in [0.15, 0.2) is 0 Å². The van der Waals surface area contributed by atoms with Crippen molar-refractivity contribution in [2.75, 3.05) is 18.0 Å². The highest BCUT2D eigenvalue weighted by molar-refractivity contribution is 6.17. The molecule has 2 fully saturated rings. The maximum Gasteiger partial charge on any atom is 0.129 e. The number of pyridine rings is 1. The first kappa shape index (κ1) is 13.2. The van der Waals surface area contributed by atoms with E-state index in [-0.39, 0.29) is 0 Å². The van der Waals surface area contributed by atoms with Gasteiger partial charge in [-0.15, -0.1) is 11.6 Å². The van der Waals surface area contributed by atoms with E-state index in [0.717, 1.165) is 24.1 Å². The second-order valence-electron chi connectivity index (χ2n) is 6.12. The van der Waals surface area contributed by atoms with Crippen molar-refractivity contribution in [3.05, 3.63) is 23.4 Å². The molecule has 0 spiro atoms. The van der Waals surface area contributed by atoms with Crippen molar-refractivity contribution >= 4 is 17.4 Å². The van der Waals surface area contributed by atoms with Crippen LogP contribution in [0.1, 0.15) is 43.9 Å². The van der Waals surface area contributed by atoms with Crippen molar-refractivity contribution in [3.8, 4) is 0 Å². The average Bonchev–Trinajstić information content (AvgIpc) is 2.46. The SMILES string of the molecule is CCc1cc(CCl)cc(N2CC3CCCC(C3)C2)n1. The van der Waals surface area contributed by atoms with Gasteiger partial charge in [0.2, 0.25) is 0 Å². The Balaban J connectivity index is 1.84. The number of aryl methyl sites for hydroxylation is 1. The van der Waals surface area contributed by atoms with Crippen molar-refractivity contribution in [3.63, 3.8) is 0 Å². The monoisotopic (exact) mass is 278 g/mol. The van der Waals surface area contributed by atoms with Crippen LogP contribution in [-0.2, 0) is 12.3 Å². The summed E-state index contributed by atoms with van der Waals surface area (Å²) in [5.74, 6) is 3.52. The molecule has 0 aromatic carbocycles. The number of hydrogen-bond donors (Lipinski definition) is 0. The zero-order valence-electron chi connectivity index (χ0n) is 11.7. The van der Waals surface area contributed by atoms with Gasteiger partial charge < -0.3 is 4.90 Å². The Bertz CT molecular complexity index is 412. The molecule has 2 nitrogen and oxygen atoms in total. The van der Waals surface area contributed by atoms with Gasteiger partial charge in [0.25, 0.3) is 0 Å². The zero-order valence-corrected chi connectivity index (χ0v) is 12.5. The summed E-state index contributed by atoms with van der Waals surface area (Å²) in [6, 6.07) is 4.33. The van der Waals surface area contributed by atoms with Crippen molar-refractivity contribution in [2.45, 2.75) is 44.9 Å². The molecular weight excluding hydrogens is 256 g/mol. The molecule has 1 aliphatic heterocycles.